The summed E-state index contributed by atoms with van der Waals surface area (Å²) >= 11 is 5.91. The van der Waals surface area contributed by atoms with Crippen LogP contribution in [0.1, 0.15) is 22.0 Å². The van der Waals surface area contributed by atoms with Crippen molar-refractivity contribution in [3.05, 3.63) is 64.7 Å². The first kappa shape index (κ1) is 17.2. The third-order valence-electron chi connectivity index (χ3n) is 3.06. The number of nitrogens with one attached hydrogen (secondary N) is 1. The molecule has 1 atom stereocenters. The zero-order chi connectivity index (χ0) is 16.8. The number of alkyl halides is 2. The SMILES string of the molecule is O=C(NCC(O)c1ccc(OC(F)F)cc1)c1ccccc1Cl. The molecule has 0 fully saturated rings. The van der Waals surface area contributed by atoms with Gasteiger partial charge in [0, 0.05) is 6.54 Å². The number of aliphatic hydroxyl groups is 1. The molecule has 0 saturated heterocycles. The highest BCUT2D eigenvalue weighted by Gasteiger charge is 2.13. The Balaban J connectivity index is 1.93. The number of halogens is 3. The molecule has 0 aliphatic heterocycles. The minimum absolute atomic E-state index is 0.00365. The lowest BCUT2D eigenvalue weighted by atomic mass is 10.1. The lowest BCUT2D eigenvalue weighted by molar-refractivity contribution is -0.0498. The van der Waals surface area contributed by atoms with E-state index in [2.05, 4.69) is 10.1 Å². The standard InChI is InChI=1S/C16H14ClF2NO3/c17-13-4-2-1-3-12(13)15(22)20-9-14(21)10-5-7-11(8-6-10)23-16(18)19/h1-8,14,16,21H,9H2,(H,20,22). The van der Waals surface area contributed by atoms with Crippen LogP contribution in [0, 0.1) is 0 Å². The largest absolute Gasteiger partial charge is 0.435 e. The second-order valence-corrected chi connectivity index (χ2v) is 5.06. The summed E-state index contributed by atoms with van der Waals surface area (Å²) in [5.41, 5.74) is 0.771. The summed E-state index contributed by atoms with van der Waals surface area (Å²) < 4.78 is 28.3. The maximum absolute atomic E-state index is 12.1. The van der Waals surface area contributed by atoms with Gasteiger partial charge in [-0.05, 0) is 29.8 Å². The summed E-state index contributed by atoms with van der Waals surface area (Å²) in [5.74, 6) is -0.414. The van der Waals surface area contributed by atoms with E-state index in [1.807, 2.05) is 0 Å². The topological polar surface area (TPSA) is 58.6 Å². The molecule has 122 valence electrons. The van der Waals surface area contributed by atoms with Gasteiger partial charge in [-0.25, -0.2) is 0 Å². The van der Waals surface area contributed by atoms with Crippen molar-refractivity contribution in [2.24, 2.45) is 0 Å². The van der Waals surface area contributed by atoms with Crippen LogP contribution in [-0.4, -0.2) is 24.2 Å². The van der Waals surface area contributed by atoms with Crippen LogP contribution >= 0.6 is 11.6 Å². The lowest BCUT2D eigenvalue weighted by Crippen LogP contribution is -2.28. The molecule has 7 heteroatoms. The summed E-state index contributed by atoms with van der Waals surface area (Å²) in [5, 5.41) is 12.9. The van der Waals surface area contributed by atoms with Gasteiger partial charge in [-0.3, -0.25) is 4.79 Å². The molecular formula is C16H14ClF2NO3. The third kappa shape index (κ3) is 4.91. The van der Waals surface area contributed by atoms with Gasteiger partial charge in [0.15, 0.2) is 0 Å². The van der Waals surface area contributed by atoms with Crippen LogP contribution < -0.4 is 10.1 Å². The van der Waals surface area contributed by atoms with Crippen molar-refractivity contribution in [1.82, 2.24) is 5.32 Å². The first-order valence-electron chi connectivity index (χ1n) is 6.73. The molecule has 0 heterocycles. The second kappa shape index (κ2) is 7.89. The smallest absolute Gasteiger partial charge is 0.387 e. The number of hydrogen-bond acceptors (Lipinski definition) is 3. The number of benzene rings is 2. The number of amides is 1. The minimum Gasteiger partial charge on any atom is -0.435 e. The normalized spacial score (nSPS) is 12.0. The fourth-order valence-corrected chi connectivity index (χ4v) is 2.14. The van der Waals surface area contributed by atoms with Crippen molar-refractivity contribution in [3.63, 3.8) is 0 Å². The maximum atomic E-state index is 12.1. The third-order valence-corrected chi connectivity index (χ3v) is 3.39. The van der Waals surface area contributed by atoms with Gasteiger partial charge in [0.05, 0.1) is 16.7 Å². The van der Waals surface area contributed by atoms with Crippen molar-refractivity contribution in [2.75, 3.05) is 6.54 Å². The van der Waals surface area contributed by atoms with E-state index < -0.39 is 18.6 Å². The Kier molecular flexibility index (Phi) is 5.90. The molecule has 2 rings (SSSR count). The molecule has 1 unspecified atom stereocenters. The van der Waals surface area contributed by atoms with E-state index in [4.69, 9.17) is 11.6 Å². The van der Waals surface area contributed by atoms with E-state index in [0.717, 1.165) is 0 Å². The number of aliphatic hydroxyl groups excluding tert-OH is 1. The summed E-state index contributed by atoms with van der Waals surface area (Å²) in [6.07, 6.45) is -0.984. The van der Waals surface area contributed by atoms with Gasteiger partial charge in [0.1, 0.15) is 5.75 Å². The molecule has 2 aromatic carbocycles. The predicted octanol–water partition coefficient (Wildman–Crippen LogP) is 3.40. The second-order valence-electron chi connectivity index (χ2n) is 4.65. The monoisotopic (exact) mass is 341 g/mol. The minimum atomic E-state index is -2.90. The van der Waals surface area contributed by atoms with Crippen LogP contribution in [0.25, 0.3) is 0 Å². The summed E-state index contributed by atoms with van der Waals surface area (Å²) in [4.78, 5) is 12.0. The van der Waals surface area contributed by atoms with Crippen LogP contribution in [0.15, 0.2) is 48.5 Å². The van der Waals surface area contributed by atoms with Crippen molar-refractivity contribution < 1.29 is 23.4 Å². The van der Waals surface area contributed by atoms with Crippen molar-refractivity contribution in [1.29, 1.82) is 0 Å². The lowest BCUT2D eigenvalue weighted by Gasteiger charge is -2.13. The van der Waals surface area contributed by atoms with Gasteiger partial charge in [-0.2, -0.15) is 8.78 Å². The summed E-state index contributed by atoms with van der Waals surface area (Å²) in [6.45, 7) is -2.94. The average Bonchev–Trinajstić information content (AvgIpc) is 2.53. The average molecular weight is 342 g/mol. The first-order chi connectivity index (χ1) is 11.0. The molecule has 0 aliphatic carbocycles. The molecule has 0 bridgehead atoms. The Hall–Kier alpha value is -2.18. The predicted molar refractivity (Wildman–Crippen MR) is 81.8 cm³/mol. The van der Waals surface area contributed by atoms with E-state index in [9.17, 15) is 18.7 Å². The Morgan fingerprint density at radius 2 is 1.83 bits per heavy atom. The fourth-order valence-electron chi connectivity index (χ4n) is 1.92. The quantitative estimate of drug-likeness (QED) is 0.846. The van der Waals surface area contributed by atoms with Crippen LogP contribution in [0.5, 0.6) is 5.75 Å². The zero-order valence-corrected chi connectivity index (χ0v) is 12.6. The maximum Gasteiger partial charge on any atom is 0.387 e. The molecular weight excluding hydrogens is 328 g/mol. The van der Waals surface area contributed by atoms with E-state index in [1.165, 1.54) is 24.3 Å². The molecule has 0 spiro atoms. The molecule has 2 aromatic rings. The van der Waals surface area contributed by atoms with Gasteiger partial charge >= 0.3 is 6.61 Å². The Morgan fingerprint density at radius 3 is 2.43 bits per heavy atom. The van der Waals surface area contributed by atoms with E-state index >= 15 is 0 Å². The van der Waals surface area contributed by atoms with Crippen molar-refractivity contribution in [2.45, 2.75) is 12.7 Å². The number of carbonyl (C=O) groups is 1. The summed E-state index contributed by atoms with van der Waals surface area (Å²) in [6, 6.07) is 12.1. The summed E-state index contributed by atoms with van der Waals surface area (Å²) in [7, 11) is 0. The van der Waals surface area contributed by atoms with E-state index in [0.29, 0.717) is 16.1 Å². The molecule has 2 N–H and O–H groups in total. The van der Waals surface area contributed by atoms with Gasteiger partial charge in [0.2, 0.25) is 0 Å². The molecule has 0 saturated carbocycles. The van der Waals surface area contributed by atoms with Crippen LogP contribution in [0.4, 0.5) is 8.78 Å². The molecule has 0 aliphatic rings. The first-order valence-corrected chi connectivity index (χ1v) is 7.10. The van der Waals surface area contributed by atoms with E-state index in [-0.39, 0.29) is 12.3 Å². The van der Waals surface area contributed by atoms with E-state index in [1.54, 1.807) is 24.3 Å². The number of hydrogen-bond donors (Lipinski definition) is 2. The Labute approximate surface area is 136 Å². The molecule has 4 nitrogen and oxygen atoms in total. The van der Waals surface area contributed by atoms with Crippen LogP contribution in [0.3, 0.4) is 0 Å². The Bertz CT molecular complexity index is 665. The van der Waals surface area contributed by atoms with Crippen molar-refractivity contribution >= 4 is 17.5 Å². The van der Waals surface area contributed by atoms with Crippen LogP contribution in [-0.2, 0) is 0 Å². The highest BCUT2D eigenvalue weighted by molar-refractivity contribution is 6.33. The molecule has 23 heavy (non-hydrogen) atoms. The Morgan fingerprint density at radius 1 is 1.17 bits per heavy atom. The molecule has 1 amide bonds. The van der Waals surface area contributed by atoms with Crippen LogP contribution in [0.2, 0.25) is 5.02 Å². The molecule has 0 aromatic heterocycles. The zero-order valence-electron chi connectivity index (χ0n) is 11.9. The fraction of sp³-hybridized carbons (Fsp3) is 0.188. The number of carbonyl (C=O) groups excluding carboxylic acids is 1. The molecule has 0 radical (unpaired) electrons. The highest BCUT2D eigenvalue weighted by atomic mass is 35.5. The van der Waals surface area contributed by atoms with Gasteiger partial charge in [0.25, 0.3) is 5.91 Å². The van der Waals surface area contributed by atoms with Gasteiger partial charge in [-0.1, -0.05) is 35.9 Å². The highest BCUT2D eigenvalue weighted by Crippen LogP contribution is 2.19. The number of ether oxygens (including phenoxy) is 1. The van der Waals surface area contributed by atoms with Crippen molar-refractivity contribution in [3.8, 4) is 5.75 Å². The van der Waals surface area contributed by atoms with Gasteiger partial charge < -0.3 is 15.2 Å². The number of rotatable bonds is 6. The van der Waals surface area contributed by atoms with Gasteiger partial charge in [-0.15, -0.1) is 0 Å².